The third kappa shape index (κ3) is 17.1. The Kier molecular flexibility index (Phi) is 18.3. The van der Waals surface area contributed by atoms with E-state index >= 15 is 0 Å². The highest BCUT2D eigenvalue weighted by Crippen LogP contribution is 2.49. The summed E-state index contributed by atoms with van der Waals surface area (Å²) >= 11 is 4.72. The van der Waals surface area contributed by atoms with Crippen LogP contribution < -0.4 is 6.15 Å². The van der Waals surface area contributed by atoms with Crippen molar-refractivity contribution in [2.45, 2.75) is 103 Å². The molecule has 6 nitrogen and oxygen atoms in total. The van der Waals surface area contributed by atoms with Gasteiger partial charge in [0.2, 0.25) is 0 Å². The average molecular weight is 452 g/mol. The van der Waals surface area contributed by atoms with Crippen LogP contribution in [0.3, 0.4) is 0 Å². The van der Waals surface area contributed by atoms with Gasteiger partial charge in [0.15, 0.2) is 0 Å². The molecule has 0 aromatic rings. The number of rotatable bonds is 17. The molecule has 8 heteroatoms. The Morgan fingerprint density at radius 3 is 2.14 bits per heavy atom. The number of hydrogen-bond acceptors (Lipinski definition) is 6. The van der Waals surface area contributed by atoms with Crippen LogP contribution in [0.2, 0.25) is 0 Å². The van der Waals surface area contributed by atoms with Crippen molar-refractivity contribution >= 4 is 24.5 Å². The van der Waals surface area contributed by atoms with Gasteiger partial charge in [-0.2, -0.15) is 0 Å². The van der Waals surface area contributed by atoms with E-state index < -0.39 is 12.8 Å². The lowest BCUT2D eigenvalue weighted by Crippen LogP contribution is -2.20. The first-order valence-corrected chi connectivity index (χ1v) is 13.6. The number of unbranched alkanes of at least 4 members (excludes halogenated alkanes) is 11. The van der Waals surface area contributed by atoms with Crippen LogP contribution in [-0.2, 0) is 30.4 Å². The zero-order valence-corrected chi connectivity index (χ0v) is 19.9. The molecule has 0 bridgehead atoms. The molecule has 29 heavy (non-hydrogen) atoms. The predicted octanol–water partition coefficient (Wildman–Crippen LogP) is 6.36. The minimum Gasteiger partial charge on any atom is -0.463 e. The third-order valence-electron chi connectivity index (χ3n) is 4.78. The van der Waals surface area contributed by atoms with E-state index in [4.69, 9.17) is 25.6 Å². The molecule has 1 aliphatic heterocycles. The second kappa shape index (κ2) is 18.5. The maximum atomic E-state index is 11.7. The minimum absolute atomic E-state index is 0. The normalized spacial score (nSPS) is 21.4. The molecule has 0 saturated carbocycles. The summed E-state index contributed by atoms with van der Waals surface area (Å²) < 4.78 is 15.2. The van der Waals surface area contributed by atoms with E-state index in [-0.39, 0.29) is 25.3 Å². The highest BCUT2D eigenvalue weighted by molar-refractivity contribution is 8.07. The lowest BCUT2D eigenvalue weighted by molar-refractivity contribution is -0.146. The van der Waals surface area contributed by atoms with Crippen molar-refractivity contribution in [2.75, 3.05) is 13.2 Å². The Morgan fingerprint density at radius 1 is 1.03 bits per heavy atom. The van der Waals surface area contributed by atoms with Crippen LogP contribution >= 0.6 is 6.72 Å². The summed E-state index contributed by atoms with van der Waals surface area (Å²) in [4.78, 5) is 21.1. The fourth-order valence-electron chi connectivity index (χ4n) is 3.10. The number of carbonyl (C=O) groups is 1. The van der Waals surface area contributed by atoms with Gasteiger partial charge in [-0.25, -0.2) is 0 Å². The first-order chi connectivity index (χ1) is 13.5. The van der Waals surface area contributed by atoms with Gasteiger partial charge < -0.3 is 20.3 Å². The smallest absolute Gasteiger partial charge is 0.325 e. The molecule has 1 rings (SSSR count). The van der Waals surface area contributed by atoms with Gasteiger partial charge in [-0.05, 0) is 43.9 Å². The zero-order chi connectivity index (χ0) is 20.5. The summed E-state index contributed by atoms with van der Waals surface area (Å²) in [5.74, 6) is -0.223. The summed E-state index contributed by atoms with van der Waals surface area (Å²) in [5.41, 5.74) is 0. The molecular weight excluding hydrogens is 409 g/mol. The largest absolute Gasteiger partial charge is 0.463 e. The van der Waals surface area contributed by atoms with Crippen LogP contribution in [0.1, 0.15) is 96.8 Å². The molecule has 0 amide bonds. The SMILES string of the molecule is CCCCCCCC/C=C\CCCCCCCC(=O)OCC1COP(O)(=S)O1.N. The Morgan fingerprint density at radius 2 is 1.59 bits per heavy atom. The summed E-state index contributed by atoms with van der Waals surface area (Å²) in [7, 11) is 0. The highest BCUT2D eigenvalue weighted by Gasteiger charge is 2.31. The molecule has 0 aromatic carbocycles. The fraction of sp³-hybridized carbons (Fsp3) is 0.857. The first-order valence-electron chi connectivity index (χ1n) is 11.0. The molecule has 2 atom stereocenters. The van der Waals surface area contributed by atoms with Gasteiger partial charge in [-0.15, -0.1) is 0 Å². The molecule has 2 unspecified atom stereocenters. The van der Waals surface area contributed by atoms with Gasteiger partial charge in [-0.3, -0.25) is 9.32 Å². The minimum atomic E-state index is -3.08. The summed E-state index contributed by atoms with van der Waals surface area (Å²) in [6.07, 6.45) is 20.7. The van der Waals surface area contributed by atoms with Gasteiger partial charge >= 0.3 is 12.7 Å². The van der Waals surface area contributed by atoms with Crippen molar-refractivity contribution < 1.29 is 23.5 Å². The topological polar surface area (TPSA) is 100.0 Å². The molecule has 0 aliphatic carbocycles. The zero-order valence-electron chi connectivity index (χ0n) is 18.2. The van der Waals surface area contributed by atoms with Crippen molar-refractivity contribution in [1.82, 2.24) is 6.15 Å². The van der Waals surface area contributed by atoms with E-state index in [0.29, 0.717) is 6.42 Å². The van der Waals surface area contributed by atoms with Crippen molar-refractivity contribution in [3.05, 3.63) is 12.2 Å². The van der Waals surface area contributed by atoms with Gasteiger partial charge in [0, 0.05) is 6.42 Å². The van der Waals surface area contributed by atoms with E-state index in [1.165, 1.54) is 64.2 Å². The summed E-state index contributed by atoms with van der Waals surface area (Å²) in [6.45, 7) is -0.531. The molecule has 0 aromatic heterocycles. The Bertz CT molecular complexity index is 490. The van der Waals surface area contributed by atoms with Gasteiger partial charge in [0.1, 0.15) is 12.7 Å². The Labute approximate surface area is 182 Å². The second-order valence-corrected chi connectivity index (χ2v) is 10.3. The van der Waals surface area contributed by atoms with Crippen molar-refractivity contribution in [1.29, 1.82) is 0 Å². The van der Waals surface area contributed by atoms with Gasteiger partial charge in [0.05, 0.1) is 6.61 Å². The Hall–Kier alpha value is -0.300. The van der Waals surface area contributed by atoms with E-state index in [1.54, 1.807) is 0 Å². The van der Waals surface area contributed by atoms with E-state index in [0.717, 1.165) is 19.3 Å². The van der Waals surface area contributed by atoms with Crippen molar-refractivity contribution in [2.24, 2.45) is 0 Å². The van der Waals surface area contributed by atoms with Gasteiger partial charge in [0.25, 0.3) is 0 Å². The van der Waals surface area contributed by atoms with Crippen LogP contribution in [0.5, 0.6) is 0 Å². The van der Waals surface area contributed by atoms with Crippen LogP contribution in [0.25, 0.3) is 0 Å². The number of carbonyl (C=O) groups excluding carboxylic acids is 1. The molecule has 1 fully saturated rings. The van der Waals surface area contributed by atoms with Gasteiger partial charge in [-0.1, -0.05) is 70.4 Å². The Balaban J connectivity index is 0.00000784. The lowest BCUT2D eigenvalue weighted by atomic mass is 10.1. The molecule has 1 aliphatic rings. The molecular formula is C21H42NO5PS. The third-order valence-corrected chi connectivity index (χ3v) is 6.39. The highest BCUT2D eigenvalue weighted by atomic mass is 32.5. The molecule has 0 radical (unpaired) electrons. The number of ether oxygens (including phenoxy) is 1. The van der Waals surface area contributed by atoms with Crippen LogP contribution in [0, 0.1) is 0 Å². The van der Waals surface area contributed by atoms with Crippen LogP contribution in [-0.4, -0.2) is 30.2 Å². The quantitative estimate of drug-likeness (QED) is 0.115. The maximum Gasteiger partial charge on any atom is 0.325 e. The van der Waals surface area contributed by atoms with E-state index in [9.17, 15) is 9.69 Å². The monoisotopic (exact) mass is 451 g/mol. The number of allylic oxidation sites excluding steroid dienone is 2. The predicted molar refractivity (Wildman–Crippen MR) is 123 cm³/mol. The first kappa shape index (κ1) is 28.7. The number of hydrogen-bond donors (Lipinski definition) is 2. The molecule has 172 valence electrons. The second-order valence-electron chi connectivity index (χ2n) is 7.51. The van der Waals surface area contributed by atoms with Crippen LogP contribution in [0.15, 0.2) is 12.2 Å². The molecule has 1 saturated heterocycles. The lowest BCUT2D eigenvalue weighted by Gasteiger charge is -2.09. The standard InChI is InChI=1S/C21H39O5PS.H3N/c1-2-3-4-5-6-7-8-9-10-11-12-13-14-15-16-17-21(22)24-18-20-19-25-27(23,28)26-20;/h9-10,20H,2-8,11-19H2,1H3,(H,23,28);1H3/b10-9-;. The van der Waals surface area contributed by atoms with E-state index in [1.807, 2.05) is 0 Å². The van der Waals surface area contributed by atoms with Crippen LogP contribution in [0.4, 0.5) is 0 Å². The average Bonchev–Trinajstić information content (AvgIpc) is 3.02. The van der Waals surface area contributed by atoms with E-state index in [2.05, 4.69) is 19.1 Å². The van der Waals surface area contributed by atoms with Crippen molar-refractivity contribution in [3.8, 4) is 0 Å². The molecule has 0 spiro atoms. The molecule has 4 N–H and O–H groups in total. The summed E-state index contributed by atoms with van der Waals surface area (Å²) in [5, 5.41) is 0. The summed E-state index contributed by atoms with van der Waals surface area (Å²) in [6, 6.07) is 0. The maximum absolute atomic E-state index is 11.7. The molecule has 1 heterocycles. The van der Waals surface area contributed by atoms with Crippen molar-refractivity contribution in [3.63, 3.8) is 0 Å². The number of esters is 1. The fourth-order valence-corrected chi connectivity index (χ4v) is 4.56.